The zero-order valence-corrected chi connectivity index (χ0v) is 8.41. The molecular formula is C12H13FN2. The first-order valence-corrected chi connectivity index (χ1v) is 5.05. The predicted molar refractivity (Wildman–Crippen MR) is 59.1 cm³/mol. The minimum Gasteiger partial charge on any atom is -0.330 e. The van der Waals surface area contributed by atoms with Crippen molar-refractivity contribution < 1.29 is 4.39 Å². The fraction of sp³-hybridized carbons (Fsp3) is 0.250. The number of fused-ring (bicyclic) bond motifs is 1. The van der Waals surface area contributed by atoms with Gasteiger partial charge in [-0.2, -0.15) is 0 Å². The summed E-state index contributed by atoms with van der Waals surface area (Å²) in [5.41, 5.74) is 6.77. The quantitative estimate of drug-likeness (QED) is 0.832. The lowest BCUT2D eigenvalue weighted by Crippen LogP contribution is -2.01. The van der Waals surface area contributed by atoms with Gasteiger partial charge in [-0.1, -0.05) is 18.2 Å². The fourth-order valence-corrected chi connectivity index (χ4v) is 1.57. The average Bonchev–Trinajstić information content (AvgIpc) is 2.27. The highest BCUT2D eigenvalue weighted by molar-refractivity contribution is 5.79. The smallest absolute Gasteiger partial charge is 0.149 e. The molecule has 0 saturated heterocycles. The van der Waals surface area contributed by atoms with Crippen LogP contribution in [0.25, 0.3) is 10.9 Å². The summed E-state index contributed by atoms with van der Waals surface area (Å²) in [5, 5.41) is 0.839. The Morgan fingerprint density at radius 3 is 2.87 bits per heavy atom. The van der Waals surface area contributed by atoms with E-state index >= 15 is 0 Å². The lowest BCUT2D eigenvalue weighted by molar-refractivity contribution is 0.636. The highest BCUT2D eigenvalue weighted by Gasteiger charge is 2.02. The number of aromatic nitrogens is 1. The van der Waals surface area contributed by atoms with Gasteiger partial charge in [0.25, 0.3) is 0 Å². The van der Waals surface area contributed by atoms with Crippen LogP contribution in [0.3, 0.4) is 0 Å². The van der Waals surface area contributed by atoms with Crippen LogP contribution >= 0.6 is 0 Å². The van der Waals surface area contributed by atoms with Crippen LogP contribution < -0.4 is 5.73 Å². The molecule has 0 radical (unpaired) electrons. The number of pyridine rings is 1. The topological polar surface area (TPSA) is 38.9 Å². The van der Waals surface area contributed by atoms with Gasteiger partial charge in [-0.25, -0.2) is 9.37 Å². The van der Waals surface area contributed by atoms with E-state index in [1.807, 2.05) is 18.2 Å². The second-order valence-electron chi connectivity index (χ2n) is 3.51. The van der Waals surface area contributed by atoms with Crippen LogP contribution in [0.2, 0.25) is 0 Å². The maximum Gasteiger partial charge on any atom is 0.149 e. The summed E-state index contributed by atoms with van der Waals surface area (Å²) in [6.07, 6.45) is 1.69. The Kier molecular flexibility index (Phi) is 2.92. The zero-order valence-electron chi connectivity index (χ0n) is 8.41. The van der Waals surface area contributed by atoms with Crippen LogP contribution in [0.4, 0.5) is 4.39 Å². The molecule has 1 aromatic carbocycles. The molecule has 2 nitrogen and oxygen atoms in total. The molecule has 0 aliphatic rings. The van der Waals surface area contributed by atoms with E-state index in [4.69, 9.17) is 5.73 Å². The molecule has 2 N–H and O–H groups in total. The van der Waals surface area contributed by atoms with Gasteiger partial charge >= 0.3 is 0 Å². The monoisotopic (exact) mass is 204 g/mol. The molecule has 2 aromatic rings. The van der Waals surface area contributed by atoms with E-state index in [9.17, 15) is 4.39 Å². The van der Waals surface area contributed by atoms with Crippen LogP contribution in [0, 0.1) is 5.82 Å². The normalized spacial score (nSPS) is 10.8. The molecule has 0 bridgehead atoms. The molecule has 0 unspecified atom stereocenters. The van der Waals surface area contributed by atoms with E-state index in [2.05, 4.69) is 4.98 Å². The van der Waals surface area contributed by atoms with Gasteiger partial charge in [-0.05, 0) is 31.5 Å². The maximum absolute atomic E-state index is 13.4. The Bertz CT molecular complexity index is 468. The summed E-state index contributed by atoms with van der Waals surface area (Å²) in [4.78, 5) is 4.28. The third kappa shape index (κ3) is 2.13. The number of benzene rings is 1. The zero-order chi connectivity index (χ0) is 10.7. The third-order valence-corrected chi connectivity index (χ3v) is 2.37. The lowest BCUT2D eigenvalue weighted by atomic mass is 10.1. The van der Waals surface area contributed by atoms with E-state index in [0.717, 1.165) is 23.9 Å². The molecule has 0 fully saturated rings. The Hall–Kier alpha value is -1.48. The molecule has 0 saturated carbocycles. The molecule has 0 spiro atoms. The molecule has 15 heavy (non-hydrogen) atoms. The van der Waals surface area contributed by atoms with Crippen molar-refractivity contribution in [1.82, 2.24) is 4.98 Å². The molecule has 0 atom stereocenters. The molecule has 1 aromatic heterocycles. The molecular weight excluding hydrogens is 191 g/mol. The van der Waals surface area contributed by atoms with Crippen molar-refractivity contribution in [3.63, 3.8) is 0 Å². The van der Waals surface area contributed by atoms with Crippen LogP contribution in [-0.2, 0) is 6.42 Å². The van der Waals surface area contributed by atoms with Crippen molar-refractivity contribution in [3.05, 3.63) is 41.8 Å². The summed E-state index contributed by atoms with van der Waals surface area (Å²) < 4.78 is 13.4. The van der Waals surface area contributed by atoms with Crippen LogP contribution in [0.5, 0.6) is 0 Å². The van der Waals surface area contributed by atoms with Gasteiger partial charge in [0.05, 0.1) is 0 Å². The van der Waals surface area contributed by atoms with E-state index in [-0.39, 0.29) is 5.82 Å². The number of aryl methyl sites for hydroxylation is 1. The minimum absolute atomic E-state index is 0.262. The number of hydrogen-bond acceptors (Lipinski definition) is 2. The van der Waals surface area contributed by atoms with Gasteiger partial charge in [0, 0.05) is 11.1 Å². The highest BCUT2D eigenvalue weighted by Crippen LogP contribution is 2.16. The van der Waals surface area contributed by atoms with Crippen LogP contribution in [0.15, 0.2) is 30.3 Å². The molecule has 1 heterocycles. The molecule has 2 rings (SSSR count). The summed E-state index contributed by atoms with van der Waals surface area (Å²) in [6, 6.07) is 8.81. The number of hydrogen-bond donors (Lipinski definition) is 1. The van der Waals surface area contributed by atoms with Crippen LogP contribution in [-0.4, -0.2) is 11.5 Å². The number of para-hydroxylation sites is 1. The molecule has 0 aliphatic carbocycles. The summed E-state index contributed by atoms with van der Waals surface area (Å²) in [5.74, 6) is -0.262. The van der Waals surface area contributed by atoms with Gasteiger partial charge in [-0.3, -0.25) is 0 Å². The Labute approximate surface area is 87.9 Å². The average molecular weight is 204 g/mol. The van der Waals surface area contributed by atoms with Crippen molar-refractivity contribution in [2.24, 2.45) is 5.73 Å². The van der Waals surface area contributed by atoms with Crippen molar-refractivity contribution in [1.29, 1.82) is 0 Å². The van der Waals surface area contributed by atoms with E-state index in [1.54, 1.807) is 6.07 Å². The fourth-order valence-electron chi connectivity index (χ4n) is 1.57. The first-order valence-electron chi connectivity index (χ1n) is 5.05. The Balaban J connectivity index is 2.41. The summed E-state index contributed by atoms with van der Waals surface area (Å²) >= 11 is 0. The van der Waals surface area contributed by atoms with Gasteiger partial charge in [0.1, 0.15) is 11.3 Å². The van der Waals surface area contributed by atoms with Gasteiger partial charge in [0.2, 0.25) is 0 Å². The predicted octanol–water partition coefficient (Wildman–Crippen LogP) is 2.27. The number of rotatable bonds is 3. The van der Waals surface area contributed by atoms with Gasteiger partial charge in [0.15, 0.2) is 0 Å². The largest absolute Gasteiger partial charge is 0.330 e. The minimum atomic E-state index is -0.262. The number of nitrogens with two attached hydrogens (primary N) is 1. The van der Waals surface area contributed by atoms with E-state index in [0.29, 0.717) is 12.1 Å². The molecule has 0 amide bonds. The molecule has 3 heteroatoms. The van der Waals surface area contributed by atoms with E-state index in [1.165, 1.54) is 6.07 Å². The Morgan fingerprint density at radius 2 is 2.07 bits per heavy atom. The van der Waals surface area contributed by atoms with Crippen molar-refractivity contribution in [2.45, 2.75) is 12.8 Å². The SMILES string of the molecule is NCCCc1ccc2cccc(F)c2n1. The third-order valence-electron chi connectivity index (χ3n) is 2.37. The van der Waals surface area contributed by atoms with Gasteiger partial charge in [-0.15, -0.1) is 0 Å². The van der Waals surface area contributed by atoms with Gasteiger partial charge < -0.3 is 5.73 Å². The number of halogens is 1. The summed E-state index contributed by atoms with van der Waals surface area (Å²) in [7, 11) is 0. The van der Waals surface area contributed by atoms with Crippen molar-refractivity contribution in [3.8, 4) is 0 Å². The van der Waals surface area contributed by atoms with Crippen molar-refractivity contribution >= 4 is 10.9 Å². The first kappa shape index (κ1) is 10.1. The summed E-state index contributed by atoms with van der Waals surface area (Å²) in [6.45, 7) is 0.636. The second-order valence-corrected chi connectivity index (χ2v) is 3.51. The maximum atomic E-state index is 13.4. The lowest BCUT2D eigenvalue weighted by Gasteiger charge is -2.02. The molecule has 0 aliphatic heterocycles. The standard InChI is InChI=1S/C12H13FN2/c13-11-5-1-3-9-6-7-10(4-2-8-14)15-12(9)11/h1,3,5-7H,2,4,8,14H2. The molecule has 78 valence electrons. The van der Waals surface area contributed by atoms with Crippen molar-refractivity contribution in [2.75, 3.05) is 6.54 Å². The van der Waals surface area contributed by atoms with E-state index < -0.39 is 0 Å². The second kappa shape index (κ2) is 4.36. The Morgan fingerprint density at radius 1 is 1.20 bits per heavy atom. The number of nitrogens with zero attached hydrogens (tertiary/aromatic N) is 1. The first-order chi connectivity index (χ1) is 7.31. The van der Waals surface area contributed by atoms with Crippen LogP contribution in [0.1, 0.15) is 12.1 Å². The highest BCUT2D eigenvalue weighted by atomic mass is 19.1.